The second kappa shape index (κ2) is 15.8. The molecule has 6 rings (SSSR count). The van der Waals surface area contributed by atoms with Gasteiger partial charge in [-0.3, -0.25) is 0 Å². The summed E-state index contributed by atoms with van der Waals surface area (Å²) in [5.41, 5.74) is 4.42. The van der Waals surface area contributed by atoms with Crippen molar-refractivity contribution in [3.63, 3.8) is 0 Å². The van der Waals surface area contributed by atoms with Gasteiger partial charge in [-0.25, -0.2) is 22.3 Å². The first-order valence-electron chi connectivity index (χ1n) is 18.1. The van der Waals surface area contributed by atoms with Crippen molar-refractivity contribution in [2.24, 2.45) is 11.8 Å². The monoisotopic (exact) mass is 730 g/mol. The van der Waals surface area contributed by atoms with Gasteiger partial charge >= 0.3 is 12.1 Å². The number of nitrogens with zero attached hydrogens (tertiary/aromatic N) is 2. The fourth-order valence-electron chi connectivity index (χ4n) is 7.91. The minimum absolute atomic E-state index is 0.0399. The summed E-state index contributed by atoms with van der Waals surface area (Å²) in [4.78, 5) is 25.8. The normalized spacial score (nSPS) is 23.0. The van der Waals surface area contributed by atoms with Crippen molar-refractivity contribution in [1.82, 2.24) is 9.21 Å². The molecule has 0 aromatic heterocycles. The Morgan fingerprint density at radius 1 is 0.942 bits per heavy atom. The standard InChI is InChI=1S/C41H50N2O8S/c1-28(2)34-23-30-25-43(52(47,48)33-17-20-42(21-18-33)40(46)50-26-29-11-7-5-8-12-29)22-19-36(30)51-39(34)35-24-32(15-16-37(35)49-27-38(44)45)41(3,4)31-13-9-6-10-14-31/h5-16,24,30,33-34,36,39H,1,17-23,25-27H2,2-4H3,(H,44,45)/t30-,34-,36+,39+/m0/s1. The summed E-state index contributed by atoms with van der Waals surface area (Å²) in [6.45, 7) is 11.6. The topological polar surface area (TPSA) is 123 Å². The average molecular weight is 731 g/mol. The van der Waals surface area contributed by atoms with Gasteiger partial charge in [0.25, 0.3) is 0 Å². The number of carboxylic acid groups (broad SMARTS) is 1. The van der Waals surface area contributed by atoms with Crippen molar-refractivity contribution in [2.75, 3.05) is 32.8 Å². The van der Waals surface area contributed by atoms with Crippen LogP contribution in [0.1, 0.15) is 74.8 Å². The van der Waals surface area contributed by atoms with E-state index in [1.165, 1.54) is 0 Å². The number of carbonyl (C=O) groups is 2. The van der Waals surface area contributed by atoms with Crippen molar-refractivity contribution in [3.05, 3.63) is 113 Å². The number of carbonyl (C=O) groups excluding carboxylic acids is 1. The molecule has 0 aliphatic carbocycles. The number of likely N-dealkylation sites (tertiary alicyclic amines) is 1. The zero-order valence-electron chi connectivity index (χ0n) is 30.3. The molecule has 52 heavy (non-hydrogen) atoms. The largest absolute Gasteiger partial charge is 0.482 e. The van der Waals surface area contributed by atoms with E-state index in [2.05, 4.69) is 38.6 Å². The number of fused-ring (bicyclic) bond motifs is 1. The van der Waals surface area contributed by atoms with Gasteiger partial charge in [-0.15, -0.1) is 0 Å². The van der Waals surface area contributed by atoms with Gasteiger partial charge in [0.2, 0.25) is 10.0 Å². The van der Waals surface area contributed by atoms with E-state index in [0.29, 0.717) is 57.6 Å². The third-order valence-electron chi connectivity index (χ3n) is 11.1. The van der Waals surface area contributed by atoms with Crippen LogP contribution in [-0.2, 0) is 36.3 Å². The number of amides is 1. The first-order valence-corrected chi connectivity index (χ1v) is 19.6. The number of benzene rings is 3. The van der Waals surface area contributed by atoms with Crippen LogP contribution in [0.15, 0.2) is 91.0 Å². The molecule has 3 fully saturated rings. The van der Waals surface area contributed by atoms with Gasteiger partial charge in [0.1, 0.15) is 12.4 Å². The molecule has 3 heterocycles. The summed E-state index contributed by atoms with van der Waals surface area (Å²) in [6.07, 6.45) is 0.867. The van der Waals surface area contributed by atoms with Gasteiger partial charge in [0.05, 0.1) is 17.5 Å². The van der Waals surface area contributed by atoms with Crippen LogP contribution in [-0.4, -0.2) is 78.9 Å². The molecule has 0 radical (unpaired) electrons. The smallest absolute Gasteiger partial charge is 0.410 e. The summed E-state index contributed by atoms with van der Waals surface area (Å²) < 4.78 is 47.8. The zero-order valence-corrected chi connectivity index (χ0v) is 31.1. The number of piperidine rings is 2. The van der Waals surface area contributed by atoms with Gasteiger partial charge in [-0.2, -0.15) is 0 Å². The maximum Gasteiger partial charge on any atom is 0.410 e. The highest BCUT2D eigenvalue weighted by Crippen LogP contribution is 2.48. The summed E-state index contributed by atoms with van der Waals surface area (Å²) in [6, 6.07) is 25.6. The molecule has 0 spiro atoms. The maximum absolute atomic E-state index is 14.0. The average Bonchev–Trinajstić information content (AvgIpc) is 3.16. The molecule has 0 saturated carbocycles. The molecular weight excluding hydrogens is 681 g/mol. The molecule has 3 aliphatic rings. The second-order valence-electron chi connectivity index (χ2n) is 14.9. The number of hydrogen-bond acceptors (Lipinski definition) is 7. The maximum atomic E-state index is 14.0. The third kappa shape index (κ3) is 8.22. The first-order chi connectivity index (χ1) is 24.8. The summed E-state index contributed by atoms with van der Waals surface area (Å²) in [5, 5.41) is 8.87. The lowest BCUT2D eigenvalue weighted by atomic mass is 9.74. The third-order valence-corrected chi connectivity index (χ3v) is 13.4. The van der Waals surface area contributed by atoms with Gasteiger partial charge in [0, 0.05) is 43.1 Å². The van der Waals surface area contributed by atoms with Crippen molar-refractivity contribution < 1.29 is 37.3 Å². The van der Waals surface area contributed by atoms with Crippen LogP contribution in [0.3, 0.4) is 0 Å². The Bertz CT molecular complexity index is 1840. The number of carboxylic acids is 1. The van der Waals surface area contributed by atoms with Gasteiger partial charge in [-0.1, -0.05) is 92.7 Å². The fourth-order valence-corrected chi connectivity index (χ4v) is 9.89. The van der Waals surface area contributed by atoms with Crippen LogP contribution in [0, 0.1) is 11.8 Å². The van der Waals surface area contributed by atoms with E-state index in [1.54, 1.807) is 9.21 Å². The zero-order chi connectivity index (χ0) is 37.0. The van der Waals surface area contributed by atoms with Crippen LogP contribution in [0.4, 0.5) is 4.79 Å². The molecule has 1 amide bonds. The number of sulfonamides is 1. The lowest BCUT2D eigenvalue weighted by Crippen LogP contribution is -2.54. The Morgan fingerprint density at radius 2 is 1.62 bits per heavy atom. The van der Waals surface area contributed by atoms with E-state index in [1.807, 2.05) is 67.6 Å². The molecule has 3 saturated heterocycles. The Kier molecular flexibility index (Phi) is 11.4. The molecule has 0 bridgehead atoms. The van der Waals surface area contributed by atoms with E-state index >= 15 is 0 Å². The summed E-state index contributed by atoms with van der Waals surface area (Å²) >= 11 is 0. The number of hydrogen-bond donors (Lipinski definition) is 1. The Hall–Kier alpha value is -4.19. The lowest BCUT2D eigenvalue weighted by molar-refractivity contribution is -0.139. The van der Waals surface area contributed by atoms with Gasteiger partial charge in [-0.05, 0) is 67.3 Å². The summed E-state index contributed by atoms with van der Waals surface area (Å²) in [5.74, 6) is -0.791. The van der Waals surface area contributed by atoms with Crippen LogP contribution in [0.5, 0.6) is 5.75 Å². The van der Waals surface area contributed by atoms with Crippen LogP contribution in [0.25, 0.3) is 0 Å². The van der Waals surface area contributed by atoms with E-state index in [9.17, 15) is 23.1 Å². The molecule has 0 unspecified atom stereocenters. The van der Waals surface area contributed by atoms with E-state index in [0.717, 1.165) is 27.8 Å². The Morgan fingerprint density at radius 3 is 2.27 bits per heavy atom. The van der Waals surface area contributed by atoms with Crippen molar-refractivity contribution in [1.29, 1.82) is 0 Å². The van der Waals surface area contributed by atoms with Crippen LogP contribution in [0.2, 0.25) is 0 Å². The molecule has 3 aromatic rings. The Labute approximate surface area is 307 Å². The van der Waals surface area contributed by atoms with Gasteiger partial charge in [0.15, 0.2) is 6.61 Å². The van der Waals surface area contributed by atoms with Crippen molar-refractivity contribution in [3.8, 4) is 5.75 Å². The molecule has 10 nitrogen and oxygen atoms in total. The fraction of sp³-hybridized carbons (Fsp3) is 0.463. The predicted molar refractivity (Wildman–Crippen MR) is 198 cm³/mol. The van der Waals surface area contributed by atoms with E-state index < -0.39 is 40.0 Å². The minimum atomic E-state index is -3.61. The number of ether oxygens (including phenoxy) is 3. The lowest BCUT2D eigenvalue weighted by Gasteiger charge is -2.47. The van der Waals surface area contributed by atoms with E-state index in [4.69, 9.17) is 14.2 Å². The van der Waals surface area contributed by atoms with Gasteiger partial charge < -0.3 is 24.2 Å². The van der Waals surface area contributed by atoms with Crippen LogP contribution >= 0.6 is 0 Å². The van der Waals surface area contributed by atoms with E-state index in [-0.39, 0.29) is 30.0 Å². The first kappa shape index (κ1) is 37.6. The molecule has 1 N–H and O–H groups in total. The molecule has 3 aromatic carbocycles. The SMILES string of the molecule is C=C(C)[C@@H]1C[C@H]2CN(S(=O)(=O)C3CCN(C(=O)OCc4ccccc4)CC3)CC[C@H]2O[C@H]1c1cc(C(C)(C)c2ccccc2)ccc1OCC(=O)O. The highest BCUT2D eigenvalue weighted by Gasteiger charge is 2.46. The van der Waals surface area contributed by atoms with Crippen molar-refractivity contribution in [2.45, 2.75) is 75.9 Å². The molecule has 278 valence electrons. The van der Waals surface area contributed by atoms with Crippen LogP contribution < -0.4 is 4.74 Å². The molecular formula is C41H50N2O8S. The molecule has 11 heteroatoms. The highest BCUT2D eigenvalue weighted by molar-refractivity contribution is 7.89. The quantitative estimate of drug-likeness (QED) is 0.211. The second-order valence-corrected chi connectivity index (χ2v) is 17.1. The number of rotatable bonds is 11. The summed E-state index contributed by atoms with van der Waals surface area (Å²) in [7, 11) is -3.61. The predicted octanol–water partition coefficient (Wildman–Crippen LogP) is 6.95. The minimum Gasteiger partial charge on any atom is -0.482 e. The molecule has 3 aliphatic heterocycles. The molecule has 4 atom stereocenters. The van der Waals surface area contributed by atoms with Crippen molar-refractivity contribution >= 4 is 22.1 Å². The highest BCUT2D eigenvalue weighted by atomic mass is 32.2. The Balaban J connectivity index is 1.15. The number of aliphatic carboxylic acids is 1.